The predicted octanol–water partition coefficient (Wildman–Crippen LogP) is 4.68. The summed E-state index contributed by atoms with van der Waals surface area (Å²) in [6.07, 6.45) is 0.858. The molecular weight excluding hydrogens is 398 g/mol. The number of carbonyl (C=O) groups is 1. The van der Waals surface area contributed by atoms with Gasteiger partial charge in [-0.1, -0.05) is 49.4 Å². The maximum absolute atomic E-state index is 13.5. The lowest BCUT2D eigenvalue weighted by molar-refractivity contribution is 0.103. The molecule has 0 bridgehead atoms. The summed E-state index contributed by atoms with van der Waals surface area (Å²) in [6, 6.07) is 22.0. The van der Waals surface area contributed by atoms with E-state index < -0.39 is 10.0 Å². The van der Waals surface area contributed by atoms with Crippen molar-refractivity contribution >= 4 is 26.7 Å². The highest BCUT2D eigenvalue weighted by Crippen LogP contribution is 2.30. The molecule has 0 unspecified atom stereocenters. The molecule has 4 rings (SSSR count). The van der Waals surface area contributed by atoms with E-state index in [1.54, 1.807) is 61.7 Å². The van der Waals surface area contributed by atoms with Gasteiger partial charge in [0.2, 0.25) is 5.78 Å². The number of ketones is 1. The Hall–Kier alpha value is -3.38. The first-order chi connectivity index (χ1) is 14.5. The lowest BCUT2D eigenvalue weighted by Crippen LogP contribution is -2.19. The number of ether oxygens (including phenoxy) is 1. The van der Waals surface area contributed by atoms with Crippen molar-refractivity contribution in [2.45, 2.75) is 18.2 Å². The summed E-state index contributed by atoms with van der Waals surface area (Å²) >= 11 is 0. The van der Waals surface area contributed by atoms with Gasteiger partial charge in [-0.15, -0.1) is 0 Å². The fourth-order valence-corrected chi connectivity index (χ4v) is 4.98. The fraction of sp³-hybridized carbons (Fsp3) is 0.125. The van der Waals surface area contributed by atoms with Gasteiger partial charge in [-0.05, 0) is 48.4 Å². The highest BCUT2D eigenvalue weighted by atomic mass is 32.2. The first-order valence-electron chi connectivity index (χ1n) is 9.59. The van der Waals surface area contributed by atoms with E-state index in [9.17, 15) is 13.2 Å². The van der Waals surface area contributed by atoms with Crippen LogP contribution in [0.2, 0.25) is 0 Å². The number of benzene rings is 3. The van der Waals surface area contributed by atoms with Crippen molar-refractivity contribution in [3.05, 3.63) is 95.7 Å². The van der Waals surface area contributed by atoms with Gasteiger partial charge < -0.3 is 4.74 Å². The van der Waals surface area contributed by atoms with Gasteiger partial charge in [0.25, 0.3) is 10.0 Å². The largest absolute Gasteiger partial charge is 0.497 e. The topological polar surface area (TPSA) is 65.4 Å². The molecule has 0 spiro atoms. The van der Waals surface area contributed by atoms with E-state index in [1.165, 1.54) is 12.1 Å². The molecule has 152 valence electrons. The zero-order valence-electron chi connectivity index (χ0n) is 16.7. The van der Waals surface area contributed by atoms with Crippen LogP contribution in [0.15, 0.2) is 83.8 Å². The molecule has 30 heavy (non-hydrogen) atoms. The second-order valence-electron chi connectivity index (χ2n) is 6.92. The van der Waals surface area contributed by atoms with Crippen molar-refractivity contribution in [1.82, 2.24) is 3.97 Å². The number of fused-ring (bicyclic) bond motifs is 1. The molecule has 4 aromatic rings. The van der Waals surface area contributed by atoms with Crippen molar-refractivity contribution in [3.8, 4) is 5.75 Å². The van der Waals surface area contributed by atoms with Gasteiger partial charge >= 0.3 is 0 Å². The van der Waals surface area contributed by atoms with Crippen molar-refractivity contribution < 1.29 is 17.9 Å². The molecule has 6 heteroatoms. The normalized spacial score (nSPS) is 11.5. The smallest absolute Gasteiger partial charge is 0.268 e. The first kappa shape index (κ1) is 19.9. The molecule has 0 amide bonds. The van der Waals surface area contributed by atoms with Gasteiger partial charge in [-0.3, -0.25) is 4.79 Å². The Morgan fingerprint density at radius 2 is 1.63 bits per heavy atom. The Balaban J connectivity index is 1.96. The molecule has 1 heterocycles. The van der Waals surface area contributed by atoms with E-state index in [0.29, 0.717) is 22.2 Å². The number of hydrogen-bond acceptors (Lipinski definition) is 4. The van der Waals surface area contributed by atoms with Crippen LogP contribution in [-0.4, -0.2) is 25.3 Å². The molecule has 0 aliphatic carbocycles. The van der Waals surface area contributed by atoms with Crippen LogP contribution in [0.1, 0.15) is 28.5 Å². The molecule has 1 aromatic heterocycles. The van der Waals surface area contributed by atoms with Crippen molar-refractivity contribution in [1.29, 1.82) is 0 Å². The number of carbonyl (C=O) groups excluding carboxylic acids is 1. The van der Waals surface area contributed by atoms with E-state index in [-0.39, 0.29) is 16.4 Å². The van der Waals surface area contributed by atoms with Crippen LogP contribution in [0, 0.1) is 0 Å². The molecule has 0 atom stereocenters. The lowest BCUT2D eigenvalue weighted by Gasteiger charge is -2.12. The number of aromatic nitrogens is 1. The monoisotopic (exact) mass is 419 g/mol. The molecule has 5 nitrogen and oxygen atoms in total. The fourth-order valence-electron chi connectivity index (χ4n) is 3.45. The number of aryl methyl sites for hydroxylation is 1. The zero-order chi connectivity index (χ0) is 21.3. The van der Waals surface area contributed by atoms with E-state index in [1.807, 2.05) is 19.1 Å². The van der Waals surface area contributed by atoms with Crippen LogP contribution in [-0.2, 0) is 16.4 Å². The molecule has 0 fully saturated rings. The summed E-state index contributed by atoms with van der Waals surface area (Å²) in [4.78, 5) is 13.5. The quantitative estimate of drug-likeness (QED) is 0.426. The standard InChI is InChI=1S/C24H21NO4S/c1-3-17-9-11-18(12-10-17)24(26)23-16-19-15-20(29-2)13-14-22(19)25(23)30(27,28)21-7-5-4-6-8-21/h4-16H,3H2,1-2H3. The van der Waals surface area contributed by atoms with E-state index in [4.69, 9.17) is 4.74 Å². The predicted molar refractivity (Wildman–Crippen MR) is 117 cm³/mol. The molecule has 3 aromatic carbocycles. The average molecular weight is 420 g/mol. The second kappa shape index (κ2) is 7.80. The van der Waals surface area contributed by atoms with Gasteiger partial charge in [0, 0.05) is 10.9 Å². The highest BCUT2D eigenvalue weighted by molar-refractivity contribution is 7.90. The van der Waals surface area contributed by atoms with Crippen molar-refractivity contribution in [3.63, 3.8) is 0 Å². The van der Waals surface area contributed by atoms with Crippen LogP contribution in [0.25, 0.3) is 10.9 Å². The third-order valence-electron chi connectivity index (χ3n) is 5.10. The molecule has 0 N–H and O–H groups in total. The SMILES string of the molecule is CCc1ccc(C(=O)c2cc3cc(OC)ccc3n2S(=O)(=O)c2ccccc2)cc1. The molecule has 0 aliphatic heterocycles. The van der Waals surface area contributed by atoms with Crippen molar-refractivity contribution in [2.24, 2.45) is 0 Å². The van der Waals surface area contributed by atoms with E-state index in [2.05, 4.69) is 0 Å². The maximum Gasteiger partial charge on any atom is 0.268 e. The van der Waals surface area contributed by atoms with Gasteiger partial charge in [-0.25, -0.2) is 12.4 Å². The summed E-state index contributed by atoms with van der Waals surface area (Å²) in [5.41, 5.74) is 2.06. The first-order valence-corrected chi connectivity index (χ1v) is 11.0. The second-order valence-corrected chi connectivity index (χ2v) is 8.70. The van der Waals surface area contributed by atoms with Crippen LogP contribution in [0.3, 0.4) is 0 Å². The molecule has 0 radical (unpaired) electrons. The molecular formula is C24H21NO4S. The third kappa shape index (κ3) is 3.39. The minimum absolute atomic E-state index is 0.0892. The minimum Gasteiger partial charge on any atom is -0.497 e. The van der Waals surface area contributed by atoms with Crippen LogP contribution < -0.4 is 4.74 Å². The zero-order valence-corrected chi connectivity index (χ0v) is 17.5. The summed E-state index contributed by atoms with van der Waals surface area (Å²) in [7, 11) is -2.44. The summed E-state index contributed by atoms with van der Waals surface area (Å²) in [5, 5.41) is 0.613. The Kier molecular flexibility index (Phi) is 5.18. The van der Waals surface area contributed by atoms with Gasteiger partial charge in [0.1, 0.15) is 11.4 Å². The molecule has 0 saturated carbocycles. The number of methoxy groups -OCH3 is 1. The van der Waals surface area contributed by atoms with Crippen LogP contribution in [0.4, 0.5) is 0 Å². The van der Waals surface area contributed by atoms with E-state index in [0.717, 1.165) is 16.0 Å². The Morgan fingerprint density at radius 1 is 0.933 bits per heavy atom. The molecule has 0 saturated heterocycles. The van der Waals surface area contributed by atoms with Gasteiger partial charge in [0.05, 0.1) is 17.5 Å². The summed E-state index contributed by atoms with van der Waals surface area (Å²) < 4.78 is 33.4. The number of rotatable bonds is 6. The third-order valence-corrected chi connectivity index (χ3v) is 6.84. The van der Waals surface area contributed by atoms with Gasteiger partial charge in [-0.2, -0.15) is 0 Å². The summed E-state index contributed by atoms with van der Waals surface area (Å²) in [6.45, 7) is 2.04. The summed E-state index contributed by atoms with van der Waals surface area (Å²) in [5.74, 6) is 0.232. The number of nitrogens with zero attached hydrogens (tertiary/aromatic N) is 1. The van der Waals surface area contributed by atoms with Gasteiger partial charge in [0.15, 0.2) is 0 Å². The highest BCUT2D eigenvalue weighted by Gasteiger charge is 2.27. The van der Waals surface area contributed by atoms with Crippen LogP contribution >= 0.6 is 0 Å². The Labute approximate surface area is 175 Å². The van der Waals surface area contributed by atoms with Crippen molar-refractivity contribution in [2.75, 3.05) is 7.11 Å². The Bertz CT molecular complexity index is 1320. The number of hydrogen-bond donors (Lipinski definition) is 0. The Morgan fingerprint density at radius 3 is 2.27 bits per heavy atom. The lowest BCUT2D eigenvalue weighted by atomic mass is 10.0. The van der Waals surface area contributed by atoms with Crippen LogP contribution in [0.5, 0.6) is 5.75 Å². The average Bonchev–Trinajstić information content (AvgIpc) is 3.18. The maximum atomic E-state index is 13.5. The van der Waals surface area contributed by atoms with E-state index >= 15 is 0 Å². The minimum atomic E-state index is -3.98. The molecule has 0 aliphatic rings.